The molecule has 0 spiro atoms. The first-order chi connectivity index (χ1) is 15.6. The van der Waals surface area contributed by atoms with Gasteiger partial charge in [-0.2, -0.15) is 0 Å². The molecule has 0 saturated carbocycles. The fraction of sp³-hybridized carbons (Fsp3) is 0.250. The highest BCUT2D eigenvalue weighted by Gasteiger charge is 2.48. The Balaban J connectivity index is 1.25. The monoisotopic (exact) mass is 445 g/mol. The number of carbonyl (C=O) groups excluding carboxylic acids is 1. The number of halogens is 1. The molecule has 160 valence electrons. The van der Waals surface area contributed by atoms with Crippen molar-refractivity contribution in [2.45, 2.75) is 13.0 Å². The molecule has 2 aliphatic heterocycles. The van der Waals surface area contributed by atoms with Gasteiger partial charge in [-0.05, 0) is 25.1 Å². The van der Waals surface area contributed by atoms with Crippen molar-refractivity contribution in [1.82, 2.24) is 19.9 Å². The summed E-state index contributed by atoms with van der Waals surface area (Å²) in [5.74, 6) is 0.763. The molecule has 6 rings (SSSR count). The van der Waals surface area contributed by atoms with Gasteiger partial charge in [-0.1, -0.05) is 30.3 Å². The molecular weight excluding hydrogens is 425 g/mol. The number of rotatable bonds is 3. The molecule has 4 aromatic rings. The number of aryl methyl sites for hydroxylation is 1. The molecule has 6 nitrogen and oxygen atoms in total. The van der Waals surface area contributed by atoms with E-state index in [9.17, 15) is 9.18 Å². The summed E-state index contributed by atoms with van der Waals surface area (Å²) in [6.45, 7) is 3.97. The zero-order chi connectivity index (χ0) is 21.8. The van der Waals surface area contributed by atoms with Crippen LogP contribution >= 0.6 is 11.3 Å². The minimum absolute atomic E-state index is 0.133. The third-order valence-corrected chi connectivity index (χ3v) is 7.31. The summed E-state index contributed by atoms with van der Waals surface area (Å²) in [6, 6.07) is 14.6. The summed E-state index contributed by atoms with van der Waals surface area (Å²) >= 11 is 1.36. The maximum absolute atomic E-state index is 14.4. The molecule has 2 aromatic carbocycles. The summed E-state index contributed by atoms with van der Waals surface area (Å²) < 4.78 is 14.4. The number of benzene rings is 2. The van der Waals surface area contributed by atoms with Gasteiger partial charge in [0.15, 0.2) is 0 Å². The zero-order valence-corrected chi connectivity index (χ0v) is 18.2. The predicted octanol–water partition coefficient (Wildman–Crippen LogP) is 4.16. The Morgan fingerprint density at radius 1 is 1.03 bits per heavy atom. The lowest BCUT2D eigenvalue weighted by atomic mass is 9.92. The van der Waals surface area contributed by atoms with Crippen LogP contribution in [0.5, 0.6) is 0 Å². The van der Waals surface area contributed by atoms with E-state index in [1.54, 1.807) is 18.2 Å². The summed E-state index contributed by atoms with van der Waals surface area (Å²) in [4.78, 5) is 31.8. The van der Waals surface area contributed by atoms with Crippen LogP contribution in [0.4, 0.5) is 10.2 Å². The largest absolute Gasteiger partial charge is 0.350 e. The molecule has 0 radical (unpaired) electrons. The van der Waals surface area contributed by atoms with Gasteiger partial charge in [-0.15, -0.1) is 11.3 Å². The van der Waals surface area contributed by atoms with Crippen LogP contribution in [0.1, 0.15) is 15.5 Å². The predicted molar refractivity (Wildman–Crippen MR) is 122 cm³/mol. The molecule has 2 fully saturated rings. The van der Waals surface area contributed by atoms with E-state index in [0.29, 0.717) is 35.1 Å². The van der Waals surface area contributed by atoms with Gasteiger partial charge in [-0.25, -0.2) is 14.4 Å². The molecule has 2 saturated heterocycles. The summed E-state index contributed by atoms with van der Waals surface area (Å²) in [5.41, 5.74) is 2.51. The Morgan fingerprint density at radius 3 is 2.66 bits per heavy atom. The number of nitrogens with zero attached hydrogens (tertiary/aromatic N) is 5. The fourth-order valence-corrected chi connectivity index (χ4v) is 5.64. The molecule has 1 amide bonds. The van der Waals surface area contributed by atoms with Crippen molar-refractivity contribution in [2.75, 3.05) is 24.5 Å². The number of hydrogen-bond donors (Lipinski definition) is 0. The highest BCUT2D eigenvalue weighted by Crippen LogP contribution is 2.38. The van der Waals surface area contributed by atoms with Gasteiger partial charge < -0.3 is 9.80 Å². The van der Waals surface area contributed by atoms with Crippen LogP contribution in [0.15, 0.2) is 54.7 Å². The minimum atomic E-state index is -0.340. The molecule has 0 bridgehead atoms. The Bertz CT molecular complexity index is 1360. The molecule has 0 unspecified atom stereocenters. The van der Waals surface area contributed by atoms with Crippen LogP contribution in [0.3, 0.4) is 0 Å². The molecular formula is C24H20FN5OS. The molecule has 4 heterocycles. The lowest BCUT2D eigenvalue weighted by Gasteiger charge is -2.44. The van der Waals surface area contributed by atoms with Crippen LogP contribution in [0, 0.1) is 18.7 Å². The third kappa shape index (κ3) is 3.05. The average Bonchev–Trinajstić information content (AvgIpc) is 3.34. The normalized spacial score (nSPS) is 19.8. The van der Waals surface area contributed by atoms with Crippen molar-refractivity contribution in [2.24, 2.45) is 5.92 Å². The van der Waals surface area contributed by atoms with Gasteiger partial charge in [0.2, 0.25) is 0 Å². The van der Waals surface area contributed by atoms with Crippen molar-refractivity contribution in [3.8, 4) is 10.4 Å². The first-order valence-corrected chi connectivity index (χ1v) is 11.4. The molecule has 8 heteroatoms. The van der Waals surface area contributed by atoms with Crippen molar-refractivity contribution in [3.05, 3.63) is 71.2 Å². The molecule has 2 aromatic heterocycles. The molecule has 2 aliphatic rings. The maximum Gasteiger partial charge on any atom is 0.274 e. The van der Waals surface area contributed by atoms with Gasteiger partial charge in [0.1, 0.15) is 17.3 Å². The third-order valence-electron chi connectivity index (χ3n) is 6.31. The summed E-state index contributed by atoms with van der Waals surface area (Å²) in [5, 5.41) is 0.752. The van der Waals surface area contributed by atoms with Gasteiger partial charge in [0.25, 0.3) is 5.91 Å². The van der Waals surface area contributed by atoms with Crippen LogP contribution in [0.2, 0.25) is 0 Å². The van der Waals surface area contributed by atoms with Gasteiger partial charge in [0.05, 0.1) is 33.2 Å². The summed E-state index contributed by atoms with van der Waals surface area (Å²) in [6.07, 6.45) is 1.81. The van der Waals surface area contributed by atoms with E-state index < -0.39 is 0 Å². The fourth-order valence-electron chi connectivity index (χ4n) is 4.70. The van der Waals surface area contributed by atoms with Crippen LogP contribution in [-0.4, -0.2) is 51.4 Å². The standard InChI is InChI=1S/C24H20FN5OS/c1-14-27-22(23(32-14)16-6-2-3-7-17(16)25)24(31)29-11-15-12-30(20(15)13-29)21-10-26-18-8-4-5-9-19(18)28-21/h2-10,15,20H,11-13H2,1H3/t15-,20-/m1/s1. The van der Waals surface area contributed by atoms with Crippen LogP contribution in [0.25, 0.3) is 21.5 Å². The Hall–Kier alpha value is -3.39. The van der Waals surface area contributed by atoms with E-state index in [4.69, 9.17) is 4.98 Å². The lowest BCUT2D eigenvalue weighted by molar-refractivity contribution is 0.0785. The van der Waals surface area contributed by atoms with E-state index in [-0.39, 0.29) is 17.8 Å². The molecule has 0 aliphatic carbocycles. The number of carbonyl (C=O) groups is 1. The average molecular weight is 446 g/mol. The van der Waals surface area contributed by atoms with Crippen molar-refractivity contribution >= 4 is 34.1 Å². The van der Waals surface area contributed by atoms with E-state index in [2.05, 4.69) is 14.9 Å². The van der Waals surface area contributed by atoms with Crippen molar-refractivity contribution in [1.29, 1.82) is 0 Å². The number of hydrogen-bond acceptors (Lipinski definition) is 6. The first-order valence-electron chi connectivity index (χ1n) is 10.6. The zero-order valence-electron chi connectivity index (χ0n) is 17.4. The molecule has 32 heavy (non-hydrogen) atoms. The number of likely N-dealkylation sites (tertiary alicyclic amines) is 1. The number of fused-ring (bicyclic) bond motifs is 2. The number of amides is 1. The van der Waals surface area contributed by atoms with E-state index in [1.807, 2.05) is 42.3 Å². The van der Waals surface area contributed by atoms with Gasteiger partial charge >= 0.3 is 0 Å². The Morgan fingerprint density at radius 2 is 1.81 bits per heavy atom. The smallest absolute Gasteiger partial charge is 0.274 e. The second kappa shape index (κ2) is 7.34. The summed E-state index contributed by atoms with van der Waals surface area (Å²) in [7, 11) is 0. The maximum atomic E-state index is 14.4. The van der Waals surface area contributed by atoms with Gasteiger partial charge in [-0.3, -0.25) is 9.78 Å². The topological polar surface area (TPSA) is 62.2 Å². The van der Waals surface area contributed by atoms with Gasteiger partial charge in [0, 0.05) is 31.1 Å². The minimum Gasteiger partial charge on any atom is -0.350 e. The number of para-hydroxylation sites is 2. The Labute approximate surface area is 188 Å². The van der Waals surface area contributed by atoms with Crippen LogP contribution in [-0.2, 0) is 0 Å². The van der Waals surface area contributed by atoms with E-state index in [1.165, 1.54) is 17.4 Å². The number of thiazole rings is 1. The Kier molecular flexibility index (Phi) is 4.43. The SMILES string of the molecule is Cc1nc(C(=O)N2C[C@@H]3CN(c4cnc5ccccc5n4)[C@@H]3C2)c(-c2ccccc2F)s1. The second-order valence-corrected chi connectivity index (χ2v) is 9.50. The van der Waals surface area contributed by atoms with Crippen molar-refractivity contribution in [3.63, 3.8) is 0 Å². The molecule has 2 atom stereocenters. The number of aromatic nitrogens is 3. The highest BCUT2D eigenvalue weighted by atomic mass is 32.1. The molecule has 0 N–H and O–H groups in total. The van der Waals surface area contributed by atoms with Crippen LogP contribution < -0.4 is 4.90 Å². The lowest BCUT2D eigenvalue weighted by Crippen LogP contribution is -2.56. The first kappa shape index (κ1) is 19.3. The van der Waals surface area contributed by atoms with E-state index in [0.717, 1.165) is 28.4 Å². The second-order valence-electron chi connectivity index (χ2n) is 8.30. The highest BCUT2D eigenvalue weighted by molar-refractivity contribution is 7.15. The number of anilines is 1. The van der Waals surface area contributed by atoms with E-state index >= 15 is 0 Å². The quantitative estimate of drug-likeness (QED) is 0.474. The van der Waals surface area contributed by atoms with Crippen molar-refractivity contribution < 1.29 is 9.18 Å².